The van der Waals surface area contributed by atoms with E-state index in [1.54, 1.807) is 58.6 Å². The largest absolute Gasteiger partial charge is 0.507 e. The smallest absolute Gasteiger partial charge is 0.312 e. The molecule has 0 unspecified atom stereocenters. The number of rotatable bonds is 3. The second-order valence-corrected chi connectivity index (χ2v) is 16.2. The van der Waals surface area contributed by atoms with Crippen molar-refractivity contribution in [3.63, 3.8) is 0 Å². The molecule has 1 aromatic rings. The van der Waals surface area contributed by atoms with Gasteiger partial charge >= 0.3 is 11.8 Å². The van der Waals surface area contributed by atoms with Crippen molar-refractivity contribution in [2.45, 2.75) is 112 Å². The number of hydrogen-bond donors (Lipinski definition) is 4. The van der Waals surface area contributed by atoms with Gasteiger partial charge in [0, 0.05) is 68.9 Å². The van der Waals surface area contributed by atoms with E-state index in [2.05, 4.69) is 5.32 Å². The summed E-state index contributed by atoms with van der Waals surface area (Å²) in [4.78, 5) is 71.6. The molecule has 4 N–H and O–H groups in total. The Balaban J connectivity index is 1.69. The molecule has 0 saturated carbocycles. The van der Waals surface area contributed by atoms with Crippen LogP contribution in [0.1, 0.15) is 99.0 Å². The third-order valence-corrected chi connectivity index (χ3v) is 11.7. The number of carbonyl (C=O) groups excluding carboxylic acids is 5. The van der Waals surface area contributed by atoms with Gasteiger partial charge in [0.05, 0.1) is 53.5 Å². The molecule has 1 amide bonds. The molecule has 5 bridgehead atoms. The van der Waals surface area contributed by atoms with E-state index in [0.29, 0.717) is 0 Å². The predicted octanol–water partition coefficient (Wildman–Crippen LogP) is 4.07. The monoisotopic (exact) mass is 808 g/mol. The fourth-order valence-electron chi connectivity index (χ4n) is 8.34. The topological polar surface area (TPSA) is 207 Å². The number of ketones is 3. The summed E-state index contributed by atoms with van der Waals surface area (Å²) in [5, 5.41) is 37.0. The number of aromatic hydroxyl groups is 1. The summed E-state index contributed by atoms with van der Waals surface area (Å²) in [5.74, 6) is -9.14. The second kappa shape index (κ2) is 17.2. The van der Waals surface area contributed by atoms with Crippen molar-refractivity contribution in [2.75, 3.05) is 20.2 Å². The quantitative estimate of drug-likeness (QED) is 0.318. The number of phenols is 1. The van der Waals surface area contributed by atoms with Crippen LogP contribution in [0, 0.1) is 30.6 Å². The zero-order valence-corrected chi connectivity index (χ0v) is 34.9. The maximum Gasteiger partial charge on any atom is 0.312 e. The van der Waals surface area contributed by atoms with Crippen molar-refractivity contribution in [2.24, 2.45) is 23.7 Å². The Labute approximate surface area is 338 Å². The molecule has 0 aromatic heterocycles. The molecule has 4 heterocycles. The van der Waals surface area contributed by atoms with E-state index >= 15 is 0 Å². The number of amides is 1. The average molecular weight is 809 g/mol. The molecule has 1 aliphatic carbocycles. The molecule has 316 valence electrons. The number of aliphatic hydroxyl groups is 2. The number of fused-ring (bicyclic) bond motifs is 14. The number of carbonyl (C=O) groups is 5. The maximum atomic E-state index is 14.9. The number of phenolic OH excluding ortho intramolecular Hbond substituents is 1. The first-order chi connectivity index (χ1) is 27.1. The van der Waals surface area contributed by atoms with E-state index in [-0.39, 0.29) is 64.7 Å². The number of hydrogen-bond acceptors (Lipinski definition) is 14. The number of ether oxygens (including phenoxy) is 5. The van der Waals surface area contributed by atoms with Crippen molar-refractivity contribution >= 4 is 29.2 Å². The van der Waals surface area contributed by atoms with Crippen LogP contribution < -0.4 is 10.1 Å². The van der Waals surface area contributed by atoms with E-state index in [0.717, 1.165) is 0 Å². The fourth-order valence-corrected chi connectivity index (χ4v) is 8.34. The lowest BCUT2D eigenvalue weighted by Gasteiger charge is -2.39. The first kappa shape index (κ1) is 44.3. The Morgan fingerprint density at radius 3 is 2.14 bits per heavy atom. The average Bonchev–Trinajstić information content (AvgIpc) is 3.42. The summed E-state index contributed by atoms with van der Waals surface area (Å²) in [6, 6.07) is 0. The first-order valence-corrected chi connectivity index (χ1v) is 19.6. The normalized spacial score (nSPS) is 35.7. The van der Waals surface area contributed by atoms with Gasteiger partial charge in [-0.2, -0.15) is 0 Å². The van der Waals surface area contributed by atoms with Crippen molar-refractivity contribution < 1.29 is 63.0 Å². The van der Waals surface area contributed by atoms with Gasteiger partial charge in [0.25, 0.3) is 11.7 Å². The molecule has 6 rings (SSSR count). The van der Waals surface area contributed by atoms with Gasteiger partial charge in [-0.25, -0.2) is 0 Å². The van der Waals surface area contributed by atoms with E-state index in [1.807, 2.05) is 0 Å². The van der Waals surface area contributed by atoms with Crippen LogP contribution in [-0.2, 0) is 28.5 Å². The van der Waals surface area contributed by atoms with Crippen LogP contribution in [0.25, 0.3) is 0 Å². The molecule has 15 nitrogen and oxygen atoms in total. The maximum absolute atomic E-state index is 14.9. The first-order valence-electron chi connectivity index (χ1n) is 19.6. The molecular weight excluding hydrogens is 752 g/mol. The summed E-state index contributed by atoms with van der Waals surface area (Å²) >= 11 is 0. The number of methoxy groups -OCH3 is 1. The Bertz CT molecular complexity index is 1970. The van der Waals surface area contributed by atoms with Crippen molar-refractivity contribution in [3.8, 4) is 11.5 Å². The van der Waals surface area contributed by atoms with Gasteiger partial charge in [-0.1, -0.05) is 45.9 Å². The minimum absolute atomic E-state index is 0.000252. The van der Waals surface area contributed by atoms with Crippen LogP contribution in [0.5, 0.6) is 11.5 Å². The number of nitrogens with zero attached hydrogens (tertiary/aromatic N) is 1. The van der Waals surface area contributed by atoms with E-state index in [4.69, 9.17) is 23.7 Å². The van der Waals surface area contributed by atoms with E-state index in [1.165, 1.54) is 53.2 Å². The van der Waals surface area contributed by atoms with Crippen LogP contribution in [0.4, 0.5) is 0 Å². The number of allylic oxidation sites excluding steroid dienone is 4. The lowest BCUT2D eigenvalue weighted by molar-refractivity contribution is -0.160. The highest BCUT2D eigenvalue weighted by Gasteiger charge is 2.53. The Morgan fingerprint density at radius 1 is 0.897 bits per heavy atom. The van der Waals surface area contributed by atoms with Gasteiger partial charge in [0.2, 0.25) is 11.6 Å². The van der Waals surface area contributed by atoms with Crippen molar-refractivity contribution in [1.82, 2.24) is 10.2 Å². The lowest BCUT2D eigenvalue weighted by Crippen LogP contribution is -2.49. The Hall–Kier alpha value is -4.83. The van der Waals surface area contributed by atoms with Crippen LogP contribution in [0.3, 0.4) is 0 Å². The minimum Gasteiger partial charge on any atom is -0.507 e. The number of esters is 1. The third kappa shape index (κ3) is 8.22. The second-order valence-electron chi connectivity index (χ2n) is 16.2. The molecule has 11 atom stereocenters. The van der Waals surface area contributed by atoms with Crippen LogP contribution in [0.2, 0.25) is 0 Å². The zero-order chi connectivity index (χ0) is 43.1. The Kier molecular flexibility index (Phi) is 13.1. The number of aliphatic hydroxyl groups excluding tert-OH is 2. The zero-order valence-electron chi connectivity index (χ0n) is 34.9. The molecule has 58 heavy (non-hydrogen) atoms. The molecule has 5 aliphatic rings. The van der Waals surface area contributed by atoms with Gasteiger partial charge < -0.3 is 49.2 Å². The van der Waals surface area contributed by atoms with E-state index in [9.17, 15) is 39.3 Å². The Morgan fingerprint density at radius 2 is 1.53 bits per heavy atom. The van der Waals surface area contributed by atoms with E-state index < -0.39 is 94.4 Å². The minimum atomic E-state index is -2.08. The molecule has 0 spiro atoms. The molecule has 1 fully saturated rings. The highest BCUT2D eigenvalue weighted by atomic mass is 16.7. The van der Waals surface area contributed by atoms with Crippen molar-refractivity contribution in [3.05, 3.63) is 69.8 Å². The molecule has 1 aromatic carbocycles. The summed E-state index contributed by atoms with van der Waals surface area (Å²) in [6.45, 7) is 16.4. The molecule has 1 saturated heterocycles. The van der Waals surface area contributed by atoms with Gasteiger partial charge in [0.1, 0.15) is 29.0 Å². The SMILES string of the molecule is CO[C@H]1/C=C/O[C@@]2(C)Oc3c(C)c(O)c4c(c3C2=O)C(=O)C(N2C[C@@H](C)O[C@H](C)C2)=C(NC(=O)/C(C)=C\C=C\[C@H](C)[C@H](O)[C@@H](C)[C@H](O)[C@H](C)[C@H](OC(C)=O)[C@@H]1C)C4=O. The van der Waals surface area contributed by atoms with Gasteiger partial charge in [0.15, 0.2) is 0 Å². The number of morpholine rings is 1. The van der Waals surface area contributed by atoms with Gasteiger partial charge in [-0.05, 0) is 33.8 Å². The molecule has 4 aliphatic heterocycles. The molecule has 0 radical (unpaired) electrons. The highest BCUT2D eigenvalue weighted by molar-refractivity contribution is 6.32. The van der Waals surface area contributed by atoms with Crippen molar-refractivity contribution in [1.29, 1.82) is 0 Å². The fraction of sp³-hybridized carbons (Fsp3) is 0.558. The summed E-state index contributed by atoms with van der Waals surface area (Å²) < 4.78 is 29.4. The molecular formula is C43H56N2O13. The lowest BCUT2D eigenvalue weighted by atomic mass is 9.78. The third-order valence-electron chi connectivity index (χ3n) is 11.7. The van der Waals surface area contributed by atoms with Gasteiger partial charge in [-0.3, -0.25) is 24.0 Å². The van der Waals surface area contributed by atoms with Gasteiger partial charge in [-0.15, -0.1) is 0 Å². The predicted molar refractivity (Wildman–Crippen MR) is 210 cm³/mol. The highest BCUT2D eigenvalue weighted by Crippen LogP contribution is 2.49. The number of benzene rings is 1. The summed E-state index contributed by atoms with van der Waals surface area (Å²) in [6.07, 6.45) is 2.69. The standard InChI is InChI=1S/C43H56N2O13/c1-19-13-12-14-20(2)42(53)44-32-33(45-17-21(3)56-22(4)18-45)38(51)29-30(37(32)50)36(49)26(8)40-31(29)41(52)43(10,58-40)55-16-15-28(54-11)23(5)39(57-27(9)46)25(7)35(48)24(6)34(19)47/h12-16,19,21-25,28,34-35,39,47-49H,17-18H2,1-11H3,(H,44,53)/b13-12+,16-15+,20-14-/t19-,21+,22+,23+,24+,25-,28-,34-,35-,39+,43-/m0/s1. The van der Waals surface area contributed by atoms with Crippen LogP contribution >= 0.6 is 0 Å². The number of Topliss-reactive ketones (excluding diaryl/α,β-unsaturated/α-hetero) is 3. The van der Waals surface area contributed by atoms with Crippen LogP contribution in [0.15, 0.2) is 47.5 Å². The summed E-state index contributed by atoms with van der Waals surface area (Å²) in [7, 11) is 1.43. The van der Waals surface area contributed by atoms with Crippen LogP contribution in [-0.4, -0.2) is 112 Å². The molecule has 15 heteroatoms. The number of nitrogens with one attached hydrogen (secondary N) is 1. The summed E-state index contributed by atoms with van der Waals surface area (Å²) in [5.41, 5.74) is -1.50.